The quantitative estimate of drug-likeness (QED) is 0.712. The zero-order valence-corrected chi connectivity index (χ0v) is 8.97. The standard InChI is InChI=1S/C12H15NO3/c13-6-5-12(15)10-3-1-4-11(9-10)16-8-2-7-14/h1,3-4,9,12,14-15H,2,5,7-8H2. The molecule has 4 heteroatoms. The summed E-state index contributed by atoms with van der Waals surface area (Å²) in [5.41, 5.74) is 0.669. The van der Waals surface area contributed by atoms with E-state index in [1.807, 2.05) is 6.07 Å². The lowest BCUT2D eigenvalue weighted by atomic mass is 10.1. The third-order valence-corrected chi connectivity index (χ3v) is 2.10. The Bertz CT molecular complexity index is 360. The molecule has 4 nitrogen and oxygen atoms in total. The lowest BCUT2D eigenvalue weighted by Gasteiger charge is -2.10. The van der Waals surface area contributed by atoms with Gasteiger partial charge in [0.1, 0.15) is 5.75 Å². The van der Waals surface area contributed by atoms with E-state index in [4.69, 9.17) is 15.1 Å². The Morgan fingerprint density at radius 1 is 1.44 bits per heavy atom. The summed E-state index contributed by atoms with van der Waals surface area (Å²) in [6.07, 6.45) is -0.128. The Morgan fingerprint density at radius 3 is 2.94 bits per heavy atom. The summed E-state index contributed by atoms with van der Waals surface area (Å²) in [4.78, 5) is 0. The zero-order valence-electron chi connectivity index (χ0n) is 8.97. The number of rotatable bonds is 6. The van der Waals surface area contributed by atoms with Crippen LogP contribution < -0.4 is 4.74 Å². The van der Waals surface area contributed by atoms with Gasteiger partial charge in [-0.2, -0.15) is 5.26 Å². The smallest absolute Gasteiger partial charge is 0.119 e. The maximum atomic E-state index is 9.60. The Labute approximate surface area is 94.7 Å². The van der Waals surface area contributed by atoms with Crippen LogP contribution in [0.2, 0.25) is 0 Å². The molecule has 0 aliphatic carbocycles. The van der Waals surface area contributed by atoms with E-state index in [0.717, 1.165) is 0 Å². The fraction of sp³-hybridized carbons (Fsp3) is 0.417. The Morgan fingerprint density at radius 2 is 2.25 bits per heavy atom. The highest BCUT2D eigenvalue weighted by Gasteiger charge is 2.07. The summed E-state index contributed by atoms with van der Waals surface area (Å²) in [5.74, 6) is 0.642. The third kappa shape index (κ3) is 3.89. The first-order valence-electron chi connectivity index (χ1n) is 5.16. The third-order valence-electron chi connectivity index (χ3n) is 2.10. The maximum absolute atomic E-state index is 9.60. The van der Waals surface area contributed by atoms with Crippen molar-refractivity contribution in [3.63, 3.8) is 0 Å². The van der Waals surface area contributed by atoms with Gasteiger partial charge in [-0.25, -0.2) is 0 Å². The molecule has 16 heavy (non-hydrogen) atoms. The van der Waals surface area contributed by atoms with Crippen LogP contribution in [0.25, 0.3) is 0 Å². The molecule has 1 aromatic rings. The Kier molecular flexibility index (Phi) is 5.34. The van der Waals surface area contributed by atoms with Gasteiger partial charge in [-0.1, -0.05) is 12.1 Å². The van der Waals surface area contributed by atoms with Crippen molar-refractivity contribution in [2.24, 2.45) is 0 Å². The molecule has 1 aromatic carbocycles. The van der Waals surface area contributed by atoms with Crippen molar-refractivity contribution in [2.45, 2.75) is 18.9 Å². The summed E-state index contributed by atoms with van der Waals surface area (Å²) in [6.45, 7) is 0.533. The van der Waals surface area contributed by atoms with Crippen LogP contribution in [0.4, 0.5) is 0 Å². The minimum atomic E-state index is -0.772. The van der Waals surface area contributed by atoms with E-state index in [9.17, 15) is 5.11 Å². The van der Waals surface area contributed by atoms with Gasteiger partial charge in [-0.05, 0) is 17.7 Å². The lowest BCUT2D eigenvalue weighted by Crippen LogP contribution is -2.01. The highest BCUT2D eigenvalue weighted by molar-refractivity contribution is 5.30. The second-order valence-corrected chi connectivity index (χ2v) is 3.38. The minimum absolute atomic E-state index is 0.0695. The summed E-state index contributed by atoms with van der Waals surface area (Å²) < 4.78 is 5.36. The molecule has 0 heterocycles. The van der Waals surface area contributed by atoms with Gasteiger partial charge in [-0.15, -0.1) is 0 Å². The van der Waals surface area contributed by atoms with Gasteiger partial charge in [0.05, 0.1) is 25.2 Å². The van der Waals surface area contributed by atoms with Gasteiger partial charge in [0, 0.05) is 13.0 Å². The molecule has 1 unspecified atom stereocenters. The summed E-state index contributed by atoms with van der Waals surface area (Å²) in [6, 6.07) is 8.92. The molecule has 0 aromatic heterocycles. The first kappa shape index (κ1) is 12.5. The van der Waals surface area contributed by atoms with Crippen molar-refractivity contribution in [2.75, 3.05) is 13.2 Å². The second kappa shape index (κ2) is 6.83. The van der Waals surface area contributed by atoms with Crippen molar-refractivity contribution in [3.8, 4) is 11.8 Å². The van der Waals surface area contributed by atoms with Gasteiger partial charge < -0.3 is 14.9 Å². The SMILES string of the molecule is N#CCC(O)c1cccc(OCCCO)c1. The molecule has 0 aliphatic heterocycles. The molecular formula is C12H15NO3. The number of ether oxygens (including phenoxy) is 1. The van der Waals surface area contributed by atoms with Crippen molar-refractivity contribution >= 4 is 0 Å². The first-order valence-corrected chi connectivity index (χ1v) is 5.16. The average Bonchev–Trinajstić information content (AvgIpc) is 2.30. The van der Waals surface area contributed by atoms with Gasteiger partial charge in [0.15, 0.2) is 0 Å². The molecule has 0 saturated carbocycles. The van der Waals surface area contributed by atoms with Crippen LogP contribution >= 0.6 is 0 Å². The fourth-order valence-corrected chi connectivity index (χ4v) is 1.27. The van der Waals surface area contributed by atoms with Gasteiger partial charge in [0.25, 0.3) is 0 Å². The molecule has 0 fully saturated rings. The van der Waals surface area contributed by atoms with Crippen LogP contribution in [0, 0.1) is 11.3 Å². The average molecular weight is 221 g/mol. The number of aliphatic hydroxyl groups excluding tert-OH is 2. The van der Waals surface area contributed by atoms with E-state index in [1.54, 1.807) is 24.3 Å². The first-order chi connectivity index (χ1) is 7.77. The van der Waals surface area contributed by atoms with Gasteiger partial charge >= 0.3 is 0 Å². The zero-order chi connectivity index (χ0) is 11.8. The number of nitriles is 1. The van der Waals surface area contributed by atoms with Crippen molar-refractivity contribution in [1.29, 1.82) is 5.26 Å². The van der Waals surface area contributed by atoms with Crippen LogP contribution in [0.1, 0.15) is 24.5 Å². The molecule has 2 N–H and O–H groups in total. The van der Waals surface area contributed by atoms with E-state index >= 15 is 0 Å². The van der Waals surface area contributed by atoms with Gasteiger partial charge in [-0.3, -0.25) is 0 Å². The van der Waals surface area contributed by atoms with E-state index in [2.05, 4.69) is 0 Å². The number of hydrogen-bond acceptors (Lipinski definition) is 4. The molecule has 0 radical (unpaired) electrons. The van der Waals surface area contributed by atoms with Crippen molar-refractivity contribution < 1.29 is 14.9 Å². The molecule has 1 atom stereocenters. The topological polar surface area (TPSA) is 73.5 Å². The van der Waals surface area contributed by atoms with Crippen LogP contribution in [0.5, 0.6) is 5.75 Å². The monoisotopic (exact) mass is 221 g/mol. The second-order valence-electron chi connectivity index (χ2n) is 3.38. The molecule has 0 bridgehead atoms. The van der Waals surface area contributed by atoms with Crippen LogP contribution in [-0.2, 0) is 0 Å². The van der Waals surface area contributed by atoms with Crippen LogP contribution in [-0.4, -0.2) is 23.4 Å². The highest BCUT2D eigenvalue weighted by atomic mass is 16.5. The van der Waals surface area contributed by atoms with Crippen LogP contribution in [0.3, 0.4) is 0 Å². The van der Waals surface area contributed by atoms with E-state index < -0.39 is 6.10 Å². The molecule has 0 saturated heterocycles. The largest absolute Gasteiger partial charge is 0.493 e. The van der Waals surface area contributed by atoms with Gasteiger partial charge in [0.2, 0.25) is 0 Å². The van der Waals surface area contributed by atoms with Crippen molar-refractivity contribution in [1.82, 2.24) is 0 Å². The Hall–Kier alpha value is -1.57. The summed E-state index contributed by atoms with van der Waals surface area (Å²) in [5, 5.41) is 26.7. The summed E-state index contributed by atoms with van der Waals surface area (Å²) in [7, 11) is 0. The highest BCUT2D eigenvalue weighted by Crippen LogP contribution is 2.21. The molecule has 0 amide bonds. The number of nitrogens with zero attached hydrogens (tertiary/aromatic N) is 1. The molecule has 1 rings (SSSR count). The van der Waals surface area contributed by atoms with E-state index in [-0.39, 0.29) is 13.0 Å². The number of hydrogen-bond donors (Lipinski definition) is 2. The number of benzene rings is 1. The van der Waals surface area contributed by atoms with E-state index in [0.29, 0.717) is 24.3 Å². The Balaban J connectivity index is 2.60. The predicted octanol–water partition coefficient (Wildman–Crippen LogP) is 1.39. The molecule has 0 spiro atoms. The molecular weight excluding hydrogens is 206 g/mol. The molecule has 0 aliphatic rings. The fourth-order valence-electron chi connectivity index (χ4n) is 1.27. The van der Waals surface area contributed by atoms with E-state index in [1.165, 1.54) is 0 Å². The maximum Gasteiger partial charge on any atom is 0.119 e. The minimum Gasteiger partial charge on any atom is -0.493 e. The normalized spacial score (nSPS) is 11.8. The van der Waals surface area contributed by atoms with Crippen LogP contribution in [0.15, 0.2) is 24.3 Å². The van der Waals surface area contributed by atoms with Crippen molar-refractivity contribution in [3.05, 3.63) is 29.8 Å². The molecule has 86 valence electrons. The summed E-state index contributed by atoms with van der Waals surface area (Å²) >= 11 is 0. The predicted molar refractivity (Wildman–Crippen MR) is 58.8 cm³/mol. The number of aliphatic hydroxyl groups is 2. The lowest BCUT2D eigenvalue weighted by molar-refractivity contribution is 0.182.